The first kappa shape index (κ1) is 21.3. The first-order valence-electron chi connectivity index (χ1n) is 11.2. The Bertz CT molecular complexity index is 1280. The fourth-order valence-corrected chi connectivity index (χ4v) is 5.54. The maximum atomic E-state index is 12.9. The molecule has 0 bridgehead atoms. The van der Waals surface area contributed by atoms with Gasteiger partial charge in [0.25, 0.3) is 0 Å². The van der Waals surface area contributed by atoms with E-state index in [1.165, 1.54) is 0 Å². The van der Waals surface area contributed by atoms with Crippen molar-refractivity contribution in [1.82, 2.24) is 14.5 Å². The number of nitriles is 1. The summed E-state index contributed by atoms with van der Waals surface area (Å²) in [6.07, 6.45) is 6.83. The number of carbonyl (C=O) groups excluding carboxylic acids is 1. The SMILES string of the molecule is COc1cc(C)c(N2CC3(CCCC(C)(Cn4cnc5ccc(C#N)cc54)C3)OC2=O)cn1. The number of hydrogen-bond donors (Lipinski definition) is 0. The van der Waals surface area contributed by atoms with E-state index < -0.39 is 5.60 Å². The molecule has 1 aromatic carbocycles. The number of fused-ring (bicyclic) bond motifs is 1. The maximum Gasteiger partial charge on any atom is 0.415 e. The molecule has 2 aromatic heterocycles. The summed E-state index contributed by atoms with van der Waals surface area (Å²) in [6.45, 7) is 5.47. The van der Waals surface area contributed by atoms with Gasteiger partial charge in [-0.15, -0.1) is 0 Å². The van der Waals surface area contributed by atoms with Crippen LogP contribution in [0.3, 0.4) is 0 Å². The molecule has 1 aliphatic carbocycles. The Morgan fingerprint density at radius 2 is 2.12 bits per heavy atom. The minimum absolute atomic E-state index is 0.0714. The molecule has 0 N–H and O–H groups in total. The zero-order chi connectivity index (χ0) is 23.2. The van der Waals surface area contributed by atoms with Crippen molar-refractivity contribution in [2.75, 3.05) is 18.6 Å². The third-order valence-electron chi connectivity index (χ3n) is 6.99. The summed E-state index contributed by atoms with van der Waals surface area (Å²) in [4.78, 5) is 23.4. The Balaban J connectivity index is 1.39. The maximum absolute atomic E-state index is 12.9. The second-order valence-corrected chi connectivity index (χ2v) is 9.68. The first-order chi connectivity index (χ1) is 15.8. The van der Waals surface area contributed by atoms with Crippen LogP contribution >= 0.6 is 0 Å². The van der Waals surface area contributed by atoms with Crippen LogP contribution in [0.15, 0.2) is 36.8 Å². The van der Waals surface area contributed by atoms with E-state index in [1.54, 1.807) is 24.3 Å². The highest BCUT2D eigenvalue weighted by Crippen LogP contribution is 2.48. The van der Waals surface area contributed by atoms with Crippen LogP contribution in [0.5, 0.6) is 5.88 Å². The van der Waals surface area contributed by atoms with E-state index in [0.717, 1.165) is 54.5 Å². The van der Waals surface area contributed by atoms with Crippen molar-refractivity contribution in [3.8, 4) is 11.9 Å². The van der Waals surface area contributed by atoms with Crippen LogP contribution in [0, 0.1) is 23.7 Å². The normalized spacial score (nSPS) is 24.8. The summed E-state index contributed by atoms with van der Waals surface area (Å²) in [5.74, 6) is 0.524. The molecule has 0 radical (unpaired) electrons. The van der Waals surface area contributed by atoms with Gasteiger partial charge in [0.15, 0.2) is 0 Å². The number of benzene rings is 1. The van der Waals surface area contributed by atoms with Crippen molar-refractivity contribution in [3.05, 3.63) is 47.9 Å². The predicted molar refractivity (Wildman–Crippen MR) is 123 cm³/mol. The van der Waals surface area contributed by atoms with Crippen molar-refractivity contribution in [2.45, 2.75) is 51.7 Å². The molecule has 1 aliphatic heterocycles. The number of aromatic nitrogens is 3. The molecule has 2 fully saturated rings. The lowest BCUT2D eigenvalue weighted by Gasteiger charge is -2.43. The lowest BCUT2D eigenvalue weighted by molar-refractivity contribution is -0.0264. The molecule has 1 saturated heterocycles. The van der Waals surface area contributed by atoms with Crippen LogP contribution in [-0.4, -0.2) is 39.9 Å². The summed E-state index contributed by atoms with van der Waals surface area (Å²) < 4.78 is 13.4. The van der Waals surface area contributed by atoms with E-state index in [0.29, 0.717) is 18.0 Å². The van der Waals surface area contributed by atoms with Gasteiger partial charge in [-0.05, 0) is 61.8 Å². The number of methoxy groups -OCH3 is 1. The number of nitrogens with zero attached hydrogens (tertiary/aromatic N) is 5. The van der Waals surface area contributed by atoms with Gasteiger partial charge in [-0.25, -0.2) is 14.8 Å². The standard InChI is InChI=1S/C25H27N5O3/c1-17-9-22(32-3)27-12-21(17)30-15-25(33-23(30)31)8-4-7-24(2,13-25)14-29-16-28-19-6-5-18(11-26)10-20(19)29/h5-6,9-10,12,16H,4,7-8,13-15H2,1-3H3. The Morgan fingerprint density at radius 1 is 1.27 bits per heavy atom. The van der Waals surface area contributed by atoms with Gasteiger partial charge in [0.05, 0.1) is 54.5 Å². The van der Waals surface area contributed by atoms with E-state index in [4.69, 9.17) is 9.47 Å². The number of imidazole rings is 1. The lowest BCUT2D eigenvalue weighted by Crippen LogP contribution is -2.45. The monoisotopic (exact) mass is 445 g/mol. The number of aryl methyl sites for hydroxylation is 1. The van der Waals surface area contributed by atoms with Gasteiger partial charge in [0.2, 0.25) is 5.88 Å². The highest BCUT2D eigenvalue weighted by Gasteiger charge is 2.52. The quantitative estimate of drug-likeness (QED) is 0.583. The molecule has 1 amide bonds. The number of rotatable bonds is 4. The second-order valence-electron chi connectivity index (χ2n) is 9.68. The van der Waals surface area contributed by atoms with Crippen LogP contribution in [0.4, 0.5) is 10.5 Å². The third-order valence-corrected chi connectivity index (χ3v) is 6.99. The summed E-state index contributed by atoms with van der Waals surface area (Å²) in [5.41, 5.74) is 3.55. The van der Waals surface area contributed by atoms with Crippen molar-refractivity contribution in [2.24, 2.45) is 5.41 Å². The summed E-state index contributed by atoms with van der Waals surface area (Å²) in [5, 5.41) is 9.29. The number of ether oxygens (including phenoxy) is 2. The second kappa shape index (κ2) is 7.77. The molecular formula is C25H27N5O3. The Morgan fingerprint density at radius 3 is 2.88 bits per heavy atom. The van der Waals surface area contributed by atoms with E-state index in [1.807, 2.05) is 31.5 Å². The predicted octanol–water partition coefficient (Wildman–Crippen LogP) is 4.60. The fourth-order valence-electron chi connectivity index (χ4n) is 5.54. The number of anilines is 1. The molecule has 3 heterocycles. The van der Waals surface area contributed by atoms with Crippen LogP contribution in [0.2, 0.25) is 0 Å². The molecule has 2 aliphatic rings. The van der Waals surface area contributed by atoms with Crippen molar-refractivity contribution < 1.29 is 14.3 Å². The summed E-state index contributed by atoms with van der Waals surface area (Å²) >= 11 is 0. The third kappa shape index (κ3) is 3.78. The molecule has 170 valence electrons. The summed E-state index contributed by atoms with van der Waals surface area (Å²) in [6, 6.07) is 9.61. The number of amides is 1. The summed E-state index contributed by atoms with van der Waals surface area (Å²) in [7, 11) is 1.58. The van der Waals surface area contributed by atoms with E-state index >= 15 is 0 Å². The minimum Gasteiger partial charge on any atom is -0.481 e. The fraction of sp³-hybridized carbons (Fsp3) is 0.440. The number of carbonyl (C=O) groups is 1. The Hall–Kier alpha value is -3.60. The van der Waals surface area contributed by atoms with E-state index in [2.05, 4.69) is 27.5 Å². The van der Waals surface area contributed by atoms with Gasteiger partial charge in [-0.2, -0.15) is 5.26 Å². The largest absolute Gasteiger partial charge is 0.481 e. The molecule has 1 spiro atoms. The van der Waals surface area contributed by atoms with E-state index in [9.17, 15) is 10.1 Å². The van der Waals surface area contributed by atoms with Crippen molar-refractivity contribution in [3.63, 3.8) is 0 Å². The van der Waals surface area contributed by atoms with Crippen LogP contribution in [0.1, 0.15) is 43.7 Å². The number of hydrogen-bond acceptors (Lipinski definition) is 6. The van der Waals surface area contributed by atoms with Crippen molar-refractivity contribution >= 4 is 22.8 Å². The average molecular weight is 446 g/mol. The zero-order valence-corrected chi connectivity index (χ0v) is 19.2. The molecule has 3 aromatic rings. The van der Waals surface area contributed by atoms with Gasteiger partial charge in [-0.3, -0.25) is 4.90 Å². The highest BCUT2D eigenvalue weighted by atomic mass is 16.6. The zero-order valence-electron chi connectivity index (χ0n) is 19.2. The Kier molecular flexibility index (Phi) is 5.00. The molecule has 5 rings (SSSR count). The molecule has 2 atom stereocenters. The molecular weight excluding hydrogens is 418 g/mol. The molecule has 8 heteroatoms. The van der Waals surface area contributed by atoms with Gasteiger partial charge < -0.3 is 14.0 Å². The van der Waals surface area contributed by atoms with Gasteiger partial charge in [-0.1, -0.05) is 6.92 Å². The van der Waals surface area contributed by atoms with Crippen LogP contribution < -0.4 is 9.64 Å². The molecule has 2 unspecified atom stereocenters. The highest BCUT2D eigenvalue weighted by molar-refractivity contribution is 5.91. The van der Waals surface area contributed by atoms with Gasteiger partial charge in [0, 0.05) is 12.6 Å². The molecule has 1 saturated carbocycles. The topological polar surface area (TPSA) is 93.3 Å². The average Bonchev–Trinajstić information content (AvgIpc) is 3.32. The smallest absolute Gasteiger partial charge is 0.415 e. The van der Waals surface area contributed by atoms with E-state index in [-0.39, 0.29) is 11.5 Å². The van der Waals surface area contributed by atoms with Gasteiger partial charge >= 0.3 is 6.09 Å². The first-order valence-corrected chi connectivity index (χ1v) is 11.2. The lowest BCUT2D eigenvalue weighted by atomic mass is 9.68. The van der Waals surface area contributed by atoms with Crippen LogP contribution in [0.25, 0.3) is 11.0 Å². The minimum atomic E-state index is -0.523. The Labute approximate surface area is 192 Å². The number of pyridine rings is 1. The van der Waals surface area contributed by atoms with Gasteiger partial charge in [0.1, 0.15) is 5.60 Å². The molecule has 33 heavy (non-hydrogen) atoms. The molecule has 8 nitrogen and oxygen atoms in total. The van der Waals surface area contributed by atoms with Crippen molar-refractivity contribution in [1.29, 1.82) is 5.26 Å². The van der Waals surface area contributed by atoms with Crippen LogP contribution in [-0.2, 0) is 11.3 Å².